The van der Waals surface area contributed by atoms with Crippen molar-refractivity contribution in [3.63, 3.8) is 0 Å². The third kappa shape index (κ3) is 5.98. The molecule has 0 unspecified atom stereocenters. The van der Waals surface area contributed by atoms with E-state index in [2.05, 4.69) is 5.32 Å². The molecule has 0 aromatic heterocycles. The van der Waals surface area contributed by atoms with Crippen LogP contribution in [-0.4, -0.2) is 47.6 Å². The van der Waals surface area contributed by atoms with Crippen molar-refractivity contribution in [2.75, 3.05) is 13.1 Å². The van der Waals surface area contributed by atoms with Gasteiger partial charge in [-0.05, 0) is 38.0 Å². The van der Waals surface area contributed by atoms with Crippen molar-refractivity contribution >= 4 is 23.6 Å². The van der Waals surface area contributed by atoms with Gasteiger partial charge in [-0.3, -0.25) is 14.4 Å². The predicted octanol–water partition coefficient (Wildman–Crippen LogP) is 1.70. The first-order valence-corrected chi connectivity index (χ1v) is 8.71. The van der Waals surface area contributed by atoms with E-state index >= 15 is 0 Å². The van der Waals surface area contributed by atoms with E-state index in [9.17, 15) is 19.2 Å². The molecule has 1 aromatic carbocycles. The molecule has 7 nitrogen and oxygen atoms in total. The Morgan fingerprint density at radius 2 is 1.81 bits per heavy atom. The van der Waals surface area contributed by atoms with Crippen molar-refractivity contribution in [1.29, 1.82) is 0 Å². The van der Waals surface area contributed by atoms with Crippen LogP contribution in [0.25, 0.3) is 0 Å². The largest absolute Gasteiger partial charge is 0.427 e. The highest BCUT2D eigenvalue weighted by Crippen LogP contribution is 2.16. The molecule has 1 aromatic rings. The van der Waals surface area contributed by atoms with Crippen LogP contribution >= 0.6 is 0 Å². The average molecular weight is 360 g/mol. The van der Waals surface area contributed by atoms with Gasteiger partial charge in [0.25, 0.3) is 5.91 Å². The number of carbonyl (C=O) groups excluding carboxylic acids is 4. The lowest BCUT2D eigenvalue weighted by atomic mass is 10.0. The summed E-state index contributed by atoms with van der Waals surface area (Å²) in [5.74, 6) is -0.351. The van der Waals surface area contributed by atoms with Crippen LogP contribution in [0.5, 0.6) is 5.75 Å². The van der Waals surface area contributed by atoms with E-state index in [-0.39, 0.29) is 36.5 Å². The lowest BCUT2D eigenvalue weighted by Crippen LogP contribution is -2.46. The Kier molecular flexibility index (Phi) is 6.89. The Morgan fingerprint density at radius 3 is 2.42 bits per heavy atom. The Hall–Kier alpha value is -2.70. The van der Waals surface area contributed by atoms with Crippen molar-refractivity contribution in [2.45, 2.75) is 45.6 Å². The molecule has 1 aliphatic heterocycles. The second kappa shape index (κ2) is 9.12. The number of likely N-dealkylation sites (tertiary alicyclic amines) is 1. The molecule has 7 heteroatoms. The van der Waals surface area contributed by atoms with Gasteiger partial charge < -0.3 is 19.7 Å². The maximum absolute atomic E-state index is 12.4. The molecule has 1 N–H and O–H groups in total. The van der Waals surface area contributed by atoms with Crippen LogP contribution in [-0.2, 0) is 14.4 Å². The van der Waals surface area contributed by atoms with Crippen molar-refractivity contribution in [2.24, 2.45) is 0 Å². The van der Waals surface area contributed by atoms with Gasteiger partial charge in [0.15, 0.2) is 0 Å². The second-order valence-corrected chi connectivity index (χ2v) is 6.45. The molecular weight excluding hydrogens is 336 g/mol. The number of piperidine rings is 1. The van der Waals surface area contributed by atoms with Gasteiger partial charge in [0.05, 0.1) is 0 Å². The SMILES string of the molecule is CC(=O)CCC(=O)N1CCC(NC(=O)c2cccc(OC(C)=O)c2)CC1. The molecule has 1 heterocycles. The van der Waals surface area contributed by atoms with Crippen LogP contribution in [0.2, 0.25) is 0 Å². The monoisotopic (exact) mass is 360 g/mol. The first kappa shape index (κ1) is 19.6. The topological polar surface area (TPSA) is 92.8 Å². The summed E-state index contributed by atoms with van der Waals surface area (Å²) in [6.45, 7) is 3.91. The number of rotatable bonds is 6. The molecule has 1 saturated heterocycles. The van der Waals surface area contributed by atoms with E-state index in [1.54, 1.807) is 23.1 Å². The van der Waals surface area contributed by atoms with Gasteiger partial charge in [0.1, 0.15) is 11.5 Å². The molecule has 0 bridgehead atoms. The van der Waals surface area contributed by atoms with E-state index in [4.69, 9.17) is 4.74 Å². The highest BCUT2D eigenvalue weighted by atomic mass is 16.5. The lowest BCUT2D eigenvalue weighted by Gasteiger charge is -2.32. The number of benzene rings is 1. The summed E-state index contributed by atoms with van der Waals surface area (Å²) in [6.07, 6.45) is 1.85. The Bertz CT molecular complexity index is 693. The first-order chi connectivity index (χ1) is 12.3. The third-order valence-electron chi connectivity index (χ3n) is 4.23. The normalized spacial score (nSPS) is 14.6. The fraction of sp³-hybridized carbons (Fsp3) is 0.474. The molecule has 0 saturated carbocycles. The number of nitrogens with zero attached hydrogens (tertiary/aromatic N) is 1. The minimum Gasteiger partial charge on any atom is -0.427 e. The predicted molar refractivity (Wildman–Crippen MR) is 94.7 cm³/mol. The standard InChI is InChI=1S/C19H24N2O5/c1-13(22)6-7-18(24)21-10-8-16(9-11-21)20-19(25)15-4-3-5-17(12-15)26-14(2)23/h3-5,12,16H,6-11H2,1-2H3,(H,20,25). The zero-order chi connectivity index (χ0) is 19.1. The van der Waals surface area contributed by atoms with Gasteiger partial charge in [0.2, 0.25) is 5.91 Å². The zero-order valence-corrected chi connectivity index (χ0v) is 15.1. The summed E-state index contributed by atoms with van der Waals surface area (Å²) in [7, 11) is 0. The van der Waals surface area contributed by atoms with Gasteiger partial charge in [-0.2, -0.15) is 0 Å². The fourth-order valence-electron chi connectivity index (χ4n) is 2.85. The second-order valence-electron chi connectivity index (χ2n) is 6.45. The number of ether oxygens (including phenoxy) is 1. The van der Waals surface area contributed by atoms with Crippen molar-refractivity contribution in [1.82, 2.24) is 10.2 Å². The number of ketones is 1. The third-order valence-corrected chi connectivity index (χ3v) is 4.23. The Morgan fingerprint density at radius 1 is 1.12 bits per heavy atom. The van der Waals surface area contributed by atoms with Crippen LogP contribution in [0.3, 0.4) is 0 Å². The van der Waals surface area contributed by atoms with Gasteiger partial charge in [-0.15, -0.1) is 0 Å². The maximum Gasteiger partial charge on any atom is 0.308 e. The van der Waals surface area contributed by atoms with E-state index in [0.717, 1.165) is 0 Å². The van der Waals surface area contributed by atoms with Gasteiger partial charge >= 0.3 is 5.97 Å². The van der Waals surface area contributed by atoms with Crippen LogP contribution in [0.4, 0.5) is 0 Å². The number of esters is 1. The van der Waals surface area contributed by atoms with Crippen molar-refractivity contribution in [3.05, 3.63) is 29.8 Å². The molecule has 1 fully saturated rings. The molecule has 2 rings (SSSR count). The molecule has 140 valence electrons. The highest BCUT2D eigenvalue weighted by molar-refractivity contribution is 5.95. The Balaban J connectivity index is 1.83. The average Bonchev–Trinajstić information content (AvgIpc) is 2.60. The van der Waals surface area contributed by atoms with Crippen LogP contribution in [0, 0.1) is 0 Å². The molecule has 2 amide bonds. The number of hydrogen-bond donors (Lipinski definition) is 1. The van der Waals surface area contributed by atoms with Crippen molar-refractivity contribution < 1.29 is 23.9 Å². The molecule has 26 heavy (non-hydrogen) atoms. The minimum absolute atomic E-state index is 0.0106. The molecule has 0 spiro atoms. The summed E-state index contributed by atoms with van der Waals surface area (Å²) in [5.41, 5.74) is 0.420. The zero-order valence-electron chi connectivity index (χ0n) is 15.1. The quantitative estimate of drug-likeness (QED) is 0.616. The summed E-state index contributed by atoms with van der Waals surface area (Å²) < 4.78 is 4.99. The minimum atomic E-state index is -0.440. The number of carbonyl (C=O) groups is 4. The molecular formula is C19H24N2O5. The number of amides is 2. The van der Waals surface area contributed by atoms with E-state index in [1.165, 1.54) is 19.9 Å². The maximum atomic E-state index is 12.4. The highest BCUT2D eigenvalue weighted by Gasteiger charge is 2.24. The van der Waals surface area contributed by atoms with E-state index < -0.39 is 5.97 Å². The summed E-state index contributed by atoms with van der Waals surface area (Å²) in [5, 5.41) is 2.95. The van der Waals surface area contributed by atoms with Crippen LogP contribution in [0.1, 0.15) is 49.9 Å². The molecule has 0 radical (unpaired) electrons. The van der Waals surface area contributed by atoms with Crippen molar-refractivity contribution in [3.8, 4) is 5.75 Å². The Labute approximate surface area is 152 Å². The number of Topliss-reactive ketones (excluding diaryl/α,β-unsaturated/α-hetero) is 1. The van der Waals surface area contributed by atoms with E-state index in [0.29, 0.717) is 37.2 Å². The molecule has 0 atom stereocenters. The lowest BCUT2D eigenvalue weighted by molar-refractivity contribution is -0.134. The smallest absolute Gasteiger partial charge is 0.308 e. The van der Waals surface area contributed by atoms with Gasteiger partial charge in [-0.1, -0.05) is 6.07 Å². The van der Waals surface area contributed by atoms with Gasteiger partial charge in [0, 0.05) is 44.5 Å². The molecule has 1 aliphatic rings. The van der Waals surface area contributed by atoms with Crippen LogP contribution in [0.15, 0.2) is 24.3 Å². The summed E-state index contributed by atoms with van der Waals surface area (Å²) in [6, 6.07) is 6.43. The summed E-state index contributed by atoms with van der Waals surface area (Å²) >= 11 is 0. The number of hydrogen-bond acceptors (Lipinski definition) is 5. The fourth-order valence-corrected chi connectivity index (χ4v) is 2.85. The molecule has 0 aliphatic carbocycles. The van der Waals surface area contributed by atoms with Crippen LogP contribution < -0.4 is 10.1 Å². The van der Waals surface area contributed by atoms with Gasteiger partial charge in [-0.25, -0.2) is 0 Å². The summed E-state index contributed by atoms with van der Waals surface area (Å²) in [4.78, 5) is 48.1. The first-order valence-electron chi connectivity index (χ1n) is 8.71. The number of nitrogens with one attached hydrogen (secondary N) is 1. The van der Waals surface area contributed by atoms with E-state index in [1.807, 2.05) is 0 Å².